The van der Waals surface area contributed by atoms with Crippen molar-refractivity contribution in [2.45, 2.75) is 18.6 Å². The lowest BCUT2D eigenvalue weighted by Crippen LogP contribution is -2.48. The molecule has 2 aliphatic rings. The zero-order chi connectivity index (χ0) is 18.2. The molecule has 0 saturated carbocycles. The normalized spacial score (nSPS) is 26.1. The summed E-state index contributed by atoms with van der Waals surface area (Å²) in [5.41, 5.74) is -0.285. The van der Waals surface area contributed by atoms with Crippen LogP contribution in [-0.4, -0.2) is 59.6 Å². The van der Waals surface area contributed by atoms with Crippen LogP contribution in [0, 0.1) is 0 Å². The van der Waals surface area contributed by atoms with Crippen molar-refractivity contribution < 1.29 is 29.0 Å². The van der Waals surface area contributed by atoms with Crippen molar-refractivity contribution in [3.63, 3.8) is 0 Å². The third kappa shape index (κ3) is 3.05. The van der Waals surface area contributed by atoms with E-state index in [-0.39, 0.29) is 19.1 Å². The largest absolute Gasteiger partial charge is 0.479 e. The molecule has 0 spiro atoms. The van der Waals surface area contributed by atoms with E-state index in [1.165, 1.54) is 4.90 Å². The van der Waals surface area contributed by atoms with Crippen LogP contribution in [0.5, 0.6) is 0 Å². The fraction of sp³-hybridized carbons (Fsp3) is 0.375. The van der Waals surface area contributed by atoms with Gasteiger partial charge in [0.1, 0.15) is 5.54 Å². The Kier molecular flexibility index (Phi) is 4.17. The first-order chi connectivity index (χ1) is 11.8. The highest BCUT2D eigenvalue weighted by atomic mass is 16.5. The van der Waals surface area contributed by atoms with E-state index < -0.39 is 29.6 Å². The maximum atomic E-state index is 12.5. The highest BCUT2D eigenvalue weighted by Gasteiger charge is 2.43. The minimum Gasteiger partial charge on any atom is -0.479 e. The molecule has 9 heteroatoms. The van der Waals surface area contributed by atoms with Gasteiger partial charge >= 0.3 is 12.0 Å². The molecule has 0 bridgehead atoms. The number of aliphatic carboxylic acids is 1. The second-order valence-corrected chi connectivity index (χ2v) is 6.06. The maximum Gasteiger partial charge on any atom is 0.334 e. The Balaban J connectivity index is 1.76. The van der Waals surface area contributed by atoms with Crippen LogP contribution in [0.4, 0.5) is 4.79 Å². The molecule has 0 aromatic heterocycles. The number of rotatable bonds is 3. The first kappa shape index (κ1) is 16.9. The lowest BCUT2D eigenvalue weighted by atomic mass is 9.91. The minimum absolute atomic E-state index is 0.0217. The molecule has 2 atom stereocenters. The molecule has 1 aromatic carbocycles. The molecule has 2 saturated heterocycles. The van der Waals surface area contributed by atoms with E-state index in [1.807, 2.05) is 0 Å². The number of carbonyl (C=O) groups is 4. The Labute approximate surface area is 142 Å². The van der Waals surface area contributed by atoms with Crippen molar-refractivity contribution in [2.75, 3.05) is 19.7 Å². The van der Waals surface area contributed by atoms with E-state index in [0.29, 0.717) is 17.7 Å². The molecule has 2 aliphatic heterocycles. The predicted octanol–water partition coefficient (Wildman–Crippen LogP) is -0.333. The number of hydrogen-bond donors (Lipinski definition) is 3. The standard InChI is InChI=1S/C16H17N3O6/c1-16(14(23)17-15(24)18-16)10-4-2-9(3-5-10)12(20)19-6-7-25-11(8-19)13(21)22/h2-5,11H,6-8H2,1H3,(H,21,22)(H2,17,18,23,24)/t11-,16+/m1/s1. The van der Waals surface area contributed by atoms with Gasteiger partial charge in [-0.2, -0.15) is 0 Å². The number of nitrogens with one attached hydrogen (secondary N) is 2. The van der Waals surface area contributed by atoms with Crippen LogP contribution in [0.15, 0.2) is 24.3 Å². The van der Waals surface area contributed by atoms with Gasteiger partial charge in [0, 0.05) is 12.1 Å². The molecule has 2 heterocycles. The van der Waals surface area contributed by atoms with Crippen LogP contribution in [0.1, 0.15) is 22.8 Å². The summed E-state index contributed by atoms with van der Waals surface area (Å²) in [6.07, 6.45) is -1.03. The lowest BCUT2D eigenvalue weighted by Gasteiger charge is -2.31. The number of imide groups is 1. The smallest absolute Gasteiger partial charge is 0.334 e. The zero-order valence-corrected chi connectivity index (χ0v) is 13.4. The highest BCUT2D eigenvalue weighted by Crippen LogP contribution is 2.25. The number of nitrogens with zero attached hydrogens (tertiary/aromatic N) is 1. The molecular weight excluding hydrogens is 330 g/mol. The average molecular weight is 347 g/mol. The van der Waals surface area contributed by atoms with Gasteiger partial charge in [-0.25, -0.2) is 9.59 Å². The zero-order valence-electron chi connectivity index (χ0n) is 13.4. The first-order valence-electron chi connectivity index (χ1n) is 7.69. The predicted molar refractivity (Wildman–Crippen MR) is 83.7 cm³/mol. The summed E-state index contributed by atoms with van der Waals surface area (Å²) in [7, 11) is 0. The van der Waals surface area contributed by atoms with E-state index in [1.54, 1.807) is 31.2 Å². The summed E-state index contributed by atoms with van der Waals surface area (Å²) in [6, 6.07) is 5.71. The minimum atomic E-state index is -1.19. The quantitative estimate of drug-likeness (QED) is 0.643. The van der Waals surface area contributed by atoms with Crippen molar-refractivity contribution in [3.05, 3.63) is 35.4 Å². The highest BCUT2D eigenvalue weighted by molar-refractivity contribution is 6.07. The fourth-order valence-corrected chi connectivity index (χ4v) is 2.86. The molecule has 25 heavy (non-hydrogen) atoms. The topological polar surface area (TPSA) is 125 Å². The number of ether oxygens (including phenoxy) is 1. The molecule has 0 aliphatic carbocycles. The van der Waals surface area contributed by atoms with Gasteiger partial charge in [0.15, 0.2) is 6.10 Å². The molecule has 132 valence electrons. The number of carboxylic acid groups (broad SMARTS) is 1. The van der Waals surface area contributed by atoms with Crippen LogP contribution >= 0.6 is 0 Å². The fourth-order valence-electron chi connectivity index (χ4n) is 2.86. The summed E-state index contributed by atoms with van der Waals surface area (Å²) in [6.45, 7) is 2.02. The SMILES string of the molecule is C[C@@]1(c2ccc(C(=O)N3CCO[C@@H](C(=O)O)C3)cc2)NC(=O)NC1=O. The van der Waals surface area contributed by atoms with Gasteiger partial charge in [0.25, 0.3) is 11.8 Å². The van der Waals surface area contributed by atoms with Crippen LogP contribution in [0.2, 0.25) is 0 Å². The number of carbonyl (C=O) groups excluding carboxylic acids is 3. The lowest BCUT2D eigenvalue weighted by molar-refractivity contribution is -0.154. The molecule has 3 rings (SSSR count). The number of amides is 4. The molecule has 0 radical (unpaired) electrons. The van der Waals surface area contributed by atoms with E-state index in [0.717, 1.165) is 0 Å². The van der Waals surface area contributed by atoms with E-state index in [9.17, 15) is 19.2 Å². The summed E-state index contributed by atoms with van der Waals surface area (Å²) < 4.78 is 5.10. The van der Waals surface area contributed by atoms with Crippen molar-refractivity contribution in [3.8, 4) is 0 Å². The maximum absolute atomic E-state index is 12.5. The Morgan fingerprint density at radius 2 is 1.96 bits per heavy atom. The van der Waals surface area contributed by atoms with Crippen LogP contribution in [0.25, 0.3) is 0 Å². The molecule has 0 unspecified atom stereocenters. The van der Waals surface area contributed by atoms with Gasteiger partial charge in [-0.1, -0.05) is 12.1 Å². The summed E-state index contributed by atoms with van der Waals surface area (Å²) >= 11 is 0. The second-order valence-electron chi connectivity index (χ2n) is 6.06. The molecule has 3 N–H and O–H groups in total. The van der Waals surface area contributed by atoms with Gasteiger partial charge < -0.3 is 20.1 Å². The number of carboxylic acids is 1. The van der Waals surface area contributed by atoms with Crippen molar-refractivity contribution in [1.29, 1.82) is 0 Å². The van der Waals surface area contributed by atoms with Crippen LogP contribution in [0.3, 0.4) is 0 Å². The van der Waals surface area contributed by atoms with Gasteiger partial charge in [0.05, 0.1) is 13.2 Å². The van der Waals surface area contributed by atoms with E-state index >= 15 is 0 Å². The molecule has 1 aromatic rings. The Hall–Kier alpha value is -2.94. The van der Waals surface area contributed by atoms with Gasteiger partial charge in [-0.3, -0.25) is 14.9 Å². The monoisotopic (exact) mass is 347 g/mol. The Morgan fingerprint density at radius 1 is 1.28 bits per heavy atom. The van der Waals surface area contributed by atoms with Crippen molar-refractivity contribution >= 4 is 23.8 Å². The Morgan fingerprint density at radius 3 is 2.52 bits per heavy atom. The Bertz CT molecular complexity index is 747. The van der Waals surface area contributed by atoms with Gasteiger partial charge in [-0.05, 0) is 24.6 Å². The first-order valence-corrected chi connectivity index (χ1v) is 7.69. The molecule has 9 nitrogen and oxygen atoms in total. The van der Waals surface area contributed by atoms with Gasteiger partial charge in [-0.15, -0.1) is 0 Å². The summed E-state index contributed by atoms with van der Waals surface area (Å²) in [5.74, 6) is -1.89. The third-order valence-corrected chi connectivity index (χ3v) is 4.38. The van der Waals surface area contributed by atoms with E-state index in [2.05, 4.69) is 10.6 Å². The van der Waals surface area contributed by atoms with E-state index in [4.69, 9.17) is 9.84 Å². The van der Waals surface area contributed by atoms with Crippen molar-refractivity contribution in [2.24, 2.45) is 0 Å². The molecule has 2 fully saturated rings. The average Bonchev–Trinajstić information content (AvgIpc) is 2.87. The van der Waals surface area contributed by atoms with Crippen LogP contribution in [-0.2, 0) is 19.9 Å². The van der Waals surface area contributed by atoms with Crippen LogP contribution < -0.4 is 10.6 Å². The summed E-state index contributed by atoms with van der Waals surface area (Å²) in [4.78, 5) is 48.2. The molecule has 4 amide bonds. The second kappa shape index (κ2) is 6.17. The number of hydrogen-bond acceptors (Lipinski definition) is 5. The van der Waals surface area contributed by atoms with Crippen molar-refractivity contribution in [1.82, 2.24) is 15.5 Å². The number of benzene rings is 1. The molecular formula is C16H17N3O6. The van der Waals surface area contributed by atoms with Gasteiger partial charge in [0.2, 0.25) is 0 Å². The number of morpholine rings is 1. The summed E-state index contributed by atoms with van der Waals surface area (Å²) in [5, 5.41) is 13.7. The third-order valence-electron chi connectivity index (χ3n) is 4.38. The number of urea groups is 1.